The van der Waals surface area contributed by atoms with Gasteiger partial charge in [-0.3, -0.25) is 4.79 Å². The van der Waals surface area contributed by atoms with Crippen LogP contribution in [0.3, 0.4) is 0 Å². The number of anilines is 1. The highest BCUT2D eigenvalue weighted by Crippen LogP contribution is 2.10. The van der Waals surface area contributed by atoms with E-state index in [1.54, 1.807) is 12.1 Å². The van der Waals surface area contributed by atoms with Crippen molar-refractivity contribution in [2.24, 2.45) is 0 Å². The van der Waals surface area contributed by atoms with E-state index in [-0.39, 0.29) is 12.5 Å². The third-order valence-corrected chi connectivity index (χ3v) is 2.96. The average Bonchev–Trinajstić information content (AvgIpc) is 2.52. The quantitative estimate of drug-likeness (QED) is 0.893. The predicted molar refractivity (Wildman–Crippen MR) is 83.1 cm³/mol. The van der Waals surface area contributed by atoms with Crippen molar-refractivity contribution in [2.45, 2.75) is 13.5 Å². The summed E-state index contributed by atoms with van der Waals surface area (Å²) >= 11 is 0. The van der Waals surface area contributed by atoms with Gasteiger partial charge in [0.1, 0.15) is 11.6 Å². The number of amides is 1. The molecule has 116 valence electrons. The Morgan fingerprint density at radius 2 is 2.09 bits per heavy atom. The van der Waals surface area contributed by atoms with Crippen LogP contribution in [0.4, 0.5) is 5.82 Å². The molecule has 0 radical (unpaired) electrons. The molecular weight excluding hydrogens is 282 g/mol. The van der Waals surface area contributed by atoms with Crippen LogP contribution in [0.1, 0.15) is 21.9 Å². The van der Waals surface area contributed by atoms with Gasteiger partial charge in [0.15, 0.2) is 0 Å². The van der Waals surface area contributed by atoms with Crippen LogP contribution < -0.4 is 15.0 Å². The Labute approximate surface area is 129 Å². The van der Waals surface area contributed by atoms with Crippen LogP contribution in [0.25, 0.3) is 0 Å². The maximum absolute atomic E-state index is 12.1. The minimum atomic E-state index is -0.230. The topological polar surface area (TPSA) is 80.2 Å². The van der Waals surface area contributed by atoms with E-state index in [2.05, 4.69) is 20.3 Å². The van der Waals surface area contributed by atoms with Crippen molar-refractivity contribution in [1.29, 1.82) is 0 Å². The Kier molecular flexibility index (Phi) is 4.88. The molecular formula is C15H19N5O2. The molecule has 0 fully saturated rings. The molecule has 0 unspecified atom stereocenters. The Balaban J connectivity index is 2.04. The monoisotopic (exact) mass is 301 g/mol. The summed E-state index contributed by atoms with van der Waals surface area (Å²) in [6.07, 6.45) is 1.47. The number of nitrogens with one attached hydrogen (secondary N) is 1. The first-order valence-electron chi connectivity index (χ1n) is 6.79. The second-order valence-electron chi connectivity index (χ2n) is 4.95. The summed E-state index contributed by atoms with van der Waals surface area (Å²) < 4.78 is 4.96. The number of carbonyl (C=O) groups is 1. The fourth-order valence-corrected chi connectivity index (χ4v) is 1.82. The van der Waals surface area contributed by atoms with E-state index in [9.17, 15) is 4.79 Å². The van der Waals surface area contributed by atoms with Crippen LogP contribution in [0.15, 0.2) is 24.4 Å². The van der Waals surface area contributed by atoms with Crippen molar-refractivity contribution >= 4 is 11.7 Å². The lowest BCUT2D eigenvalue weighted by atomic mass is 10.2. The normalized spacial score (nSPS) is 10.2. The largest absolute Gasteiger partial charge is 0.481 e. The summed E-state index contributed by atoms with van der Waals surface area (Å²) in [5.74, 6) is 1.61. The molecule has 0 saturated heterocycles. The Morgan fingerprint density at radius 3 is 2.68 bits per heavy atom. The minimum Gasteiger partial charge on any atom is -0.481 e. The molecule has 1 N–H and O–H groups in total. The van der Waals surface area contributed by atoms with Crippen LogP contribution in [0.5, 0.6) is 5.88 Å². The van der Waals surface area contributed by atoms with E-state index in [1.165, 1.54) is 13.3 Å². The van der Waals surface area contributed by atoms with Crippen LogP contribution >= 0.6 is 0 Å². The van der Waals surface area contributed by atoms with Crippen molar-refractivity contribution in [3.8, 4) is 5.88 Å². The molecule has 2 rings (SSSR count). The second-order valence-corrected chi connectivity index (χ2v) is 4.95. The van der Waals surface area contributed by atoms with Crippen molar-refractivity contribution in [1.82, 2.24) is 20.3 Å². The maximum Gasteiger partial charge on any atom is 0.253 e. The van der Waals surface area contributed by atoms with Gasteiger partial charge in [0, 0.05) is 38.1 Å². The number of pyridine rings is 1. The van der Waals surface area contributed by atoms with Gasteiger partial charge >= 0.3 is 0 Å². The Hall–Kier alpha value is -2.70. The molecule has 0 aliphatic heterocycles. The molecule has 1 amide bonds. The first-order chi connectivity index (χ1) is 10.5. The zero-order valence-corrected chi connectivity index (χ0v) is 13.1. The number of ether oxygens (including phenoxy) is 1. The number of aryl methyl sites for hydroxylation is 1. The molecule has 2 aromatic heterocycles. The summed E-state index contributed by atoms with van der Waals surface area (Å²) in [6, 6.07) is 5.18. The molecule has 7 nitrogen and oxygen atoms in total. The molecule has 0 bridgehead atoms. The smallest absolute Gasteiger partial charge is 0.253 e. The molecule has 2 heterocycles. The van der Waals surface area contributed by atoms with E-state index in [4.69, 9.17) is 4.74 Å². The van der Waals surface area contributed by atoms with Gasteiger partial charge in [0.05, 0.1) is 19.2 Å². The highest BCUT2D eigenvalue weighted by atomic mass is 16.5. The van der Waals surface area contributed by atoms with Gasteiger partial charge in [-0.2, -0.15) is 0 Å². The molecule has 0 spiro atoms. The van der Waals surface area contributed by atoms with Gasteiger partial charge < -0.3 is 15.0 Å². The van der Waals surface area contributed by atoms with Gasteiger partial charge in [-0.05, 0) is 13.0 Å². The highest BCUT2D eigenvalue weighted by Gasteiger charge is 2.09. The van der Waals surface area contributed by atoms with Crippen molar-refractivity contribution in [3.05, 3.63) is 41.5 Å². The van der Waals surface area contributed by atoms with E-state index in [0.29, 0.717) is 17.3 Å². The van der Waals surface area contributed by atoms with Crippen molar-refractivity contribution < 1.29 is 9.53 Å². The van der Waals surface area contributed by atoms with E-state index in [1.807, 2.05) is 32.0 Å². The summed E-state index contributed by atoms with van der Waals surface area (Å²) in [5, 5.41) is 2.78. The second kappa shape index (κ2) is 6.84. The summed E-state index contributed by atoms with van der Waals surface area (Å²) in [7, 11) is 5.35. The van der Waals surface area contributed by atoms with Gasteiger partial charge in [0.2, 0.25) is 5.88 Å². The number of nitrogens with zero attached hydrogens (tertiary/aromatic N) is 4. The zero-order valence-electron chi connectivity index (χ0n) is 13.1. The van der Waals surface area contributed by atoms with E-state index < -0.39 is 0 Å². The lowest BCUT2D eigenvalue weighted by molar-refractivity contribution is 0.0949. The minimum absolute atomic E-state index is 0.230. The number of hydrogen-bond acceptors (Lipinski definition) is 6. The standard InChI is InChI=1S/C15H19N5O2/c1-10-7-13(20(2)3)19-12(18-10)9-17-15(21)11-5-6-14(22-4)16-8-11/h5-8H,9H2,1-4H3,(H,17,21). The number of aromatic nitrogens is 3. The van der Waals surface area contributed by atoms with E-state index in [0.717, 1.165) is 11.5 Å². The number of rotatable bonds is 5. The number of hydrogen-bond donors (Lipinski definition) is 1. The van der Waals surface area contributed by atoms with Gasteiger partial charge in [-0.25, -0.2) is 15.0 Å². The zero-order chi connectivity index (χ0) is 16.1. The first-order valence-corrected chi connectivity index (χ1v) is 6.79. The molecule has 0 atom stereocenters. The molecule has 0 saturated carbocycles. The van der Waals surface area contributed by atoms with Crippen LogP contribution in [-0.2, 0) is 6.54 Å². The van der Waals surface area contributed by atoms with Crippen LogP contribution in [-0.4, -0.2) is 42.1 Å². The number of carbonyl (C=O) groups excluding carboxylic acids is 1. The fourth-order valence-electron chi connectivity index (χ4n) is 1.82. The third-order valence-electron chi connectivity index (χ3n) is 2.96. The molecule has 0 aliphatic carbocycles. The molecule has 0 aromatic carbocycles. The fraction of sp³-hybridized carbons (Fsp3) is 0.333. The SMILES string of the molecule is COc1ccc(C(=O)NCc2nc(C)cc(N(C)C)n2)cn1. The Morgan fingerprint density at radius 1 is 1.32 bits per heavy atom. The molecule has 22 heavy (non-hydrogen) atoms. The van der Waals surface area contributed by atoms with E-state index >= 15 is 0 Å². The lowest BCUT2D eigenvalue weighted by Crippen LogP contribution is -2.25. The molecule has 0 aliphatic rings. The van der Waals surface area contributed by atoms with Crippen molar-refractivity contribution in [3.63, 3.8) is 0 Å². The summed E-state index contributed by atoms with van der Waals surface area (Å²) in [6.45, 7) is 2.15. The molecule has 2 aromatic rings. The third kappa shape index (κ3) is 3.91. The lowest BCUT2D eigenvalue weighted by Gasteiger charge is -2.13. The van der Waals surface area contributed by atoms with Gasteiger partial charge in [-0.1, -0.05) is 0 Å². The van der Waals surface area contributed by atoms with Crippen LogP contribution in [0, 0.1) is 6.92 Å². The summed E-state index contributed by atoms with van der Waals surface area (Å²) in [5.41, 5.74) is 1.32. The Bertz CT molecular complexity index is 655. The van der Waals surface area contributed by atoms with Crippen LogP contribution in [0.2, 0.25) is 0 Å². The van der Waals surface area contributed by atoms with Gasteiger partial charge in [-0.15, -0.1) is 0 Å². The highest BCUT2D eigenvalue weighted by molar-refractivity contribution is 5.93. The predicted octanol–water partition coefficient (Wildman–Crippen LogP) is 1.18. The molecule has 7 heteroatoms. The van der Waals surface area contributed by atoms with Crippen molar-refractivity contribution in [2.75, 3.05) is 26.1 Å². The maximum atomic E-state index is 12.1. The first kappa shape index (κ1) is 15.7. The van der Waals surface area contributed by atoms with Gasteiger partial charge in [0.25, 0.3) is 5.91 Å². The summed E-state index contributed by atoms with van der Waals surface area (Å²) in [4.78, 5) is 26.7. The average molecular weight is 301 g/mol. The number of methoxy groups -OCH3 is 1.